The Kier molecular flexibility index (Phi) is 5.00. The molecule has 3 aromatic heterocycles. The van der Waals surface area contributed by atoms with Crippen LogP contribution in [-0.2, 0) is 4.74 Å². The van der Waals surface area contributed by atoms with Crippen LogP contribution in [0.1, 0.15) is 38.2 Å². The Hall–Kier alpha value is -2.93. The molecule has 4 heterocycles. The Labute approximate surface area is 161 Å². The minimum atomic E-state index is -1.15. The Morgan fingerprint density at radius 1 is 1.32 bits per heavy atom. The number of hydrogen-bond donors (Lipinski definition) is 3. The van der Waals surface area contributed by atoms with E-state index in [0.29, 0.717) is 22.7 Å². The highest BCUT2D eigenvalue weighted by molar-refractivity contribution is 5.85. The molecule has 1 fully saturated rings. The van der Waals surface area contributed by atoms with Gasteiger partial charge in [-0.2, -0.15) is 0 Å². The summed E-state index contributed by atoms with van der Waals surface area (Å²) in [5, 5.41) is 20.3. The molecule has 3 aromatic rings. The van der Waals surface area contributed by atoms with Gasteiger partial charge < -0.3 is 25.1 Å². The second-order valence-electron chi connectivity index (χ2n) is 6.57. The molecule has 0 aliphatic carbocycles. The van der Waals surface area contributed by atoms with Crippen LogP contribution in [0.3, 0.4) is 0 Å². The van der Waals surface area contributed by atoms with Crippen LogP contribution in [0.15, 0.2) is 22.8 Å². The summed E-state index contributed by atoms with van der Waals surface area (Å²) in [5.41, 5.74) is 6.81. The zero-order chi connectivity index (χ0) is 19.7. The maximum absolute atomic E-state index is 10.4. The summed E-state index contributed by atoms with van der Waals surface area (Å²) in [7, 11) is 0. The smallest absolute Gasteiger partial charge is 0.208 e. The van der Waals surface area contributed by atoms with E-state index in [0.717, 1.165) is 19.3 Å². The average molecular weight is 383 g/mol. The van der Waals surface area contributed by atoms with Crippen molar-refractivity contribution >= 4 is 17.0 Å². The number of nitrogens with zero attached hydrogens (tertiary/aromatic N) is 4. The summed E-state index contributed by atoms with van der Waals surface area (Å²) in [5.74, 6) is 7.21. The number of ether oxygens (including phenoxy) is 1. The molecule has 4 N–H and O–H groups in total. The topological polar surface area (TPSA) is 132 Å². The van der Waals surface area contributed by atoms with Crippen molar-refractivity contribution < 1.29 is 19.4 Å². The largest absolute Gasteiger partial charge is 0.461 e. The van der Waals surface area contributed by atoms with E-state index in [2.05, 4.69) is 33.7 Å². The molecule has 28 heavy (non-hydrogen) atoms. The van der Waals surface area contributed by atoms with Crippen molar-refractivity contribution in [3.8, 4) is 23.4 Å². The number of nitrogen functional groups attached to an aromatic ring is 1. The van der Waals surface area contributed by atoms with Gasteiger partial charge >= 0.3 is 0 Å². The quantitative estimate of drug-likeness (QED) is 0.456. The van der Waals surface area contributed by atoms with Crippen LogP contribution in [-0.4, -0.2) is 48.5 Å². The first-order chi connectivity index (χ1) is 13.6. The van der Waals surface area contributed by atoms with Gasteiger partial charge in [0.25, 0.3) is 0 Å². The minimum absolute atomic E-state index is 0.00660. The van der Waals surface area contributed by atoms with Gasteiger partial charge in [-0.25, -0.2) is 15.0 Å². The van der Waals surface area contributed by atoms with Crippen molar-refractivity contribution in [3.05, 3.63) is 24.2 Å². The van der Waals surface area contributed by atoms with Gasteiger partial charge in [0.15, 0.2) is 34.8 Å². The van der Waals surface area contributed by atoms with E-state index in [1.54, 1.807) is 16.7 Å². The number of aliphatic hydroxyl groups excluding tert-OH is 2. The number of aromatic nitrogens is 4. The van der Waals surface area contributed by atoms with Crippen molar-refractivity contribution in [2.24, 2.45) is 0 Å². The lowest BCUT2D eigenvalue weighted by Gasteiger charge is -2.18. The molecule has 3 atom stereocenters. The first-order valence-corrected chi connectivity index (χ1v) is 9.16. The van der Waals surface area contributed by atoms with Crippen LogP contribution in [0.5, 0.6) is 0 Å². The van der Waals surface area contributed by atoms with E-state index in [1.807, 2.05) is 0 Å². The molecular weight excluding hydrogens is 362 g/mol. The van der Waals surface area contributed by atoms with Crippen LogP contribution < -0.4 is 5.73 Å². The number of nitrogens with two attached hydrogens (primary N) is 1. The van der Waals surface area contributed by atoms with Crippen LogP contribution in [0.4, 0.5) is 5.82 Å². The summed E-state index contributed by atoms with van der Waals surface area (Å²) in [6, 6.07) is 3.45. The number of hydrogen-bond acceptors (Lipinski definition) is 8. The molecule has 1 saturated heterocycles. The first-order valence-electron chi connectivity index (χ1n) is 9.16. The first kappa shape index (κ1) is 18.4. The van der Waals surface area contributed by atoms with Crippen LogP contribution in [0, 0.1) is 11.8 Å². The van der Waals surface area contributed by atoms with E-state index < -0.39 is 18.4 Å². The van der Waals surface area contributed by atoms with Crippen LogP contribution in [0.2, 0.25) is 0 Å². The zero-order valence-corrected chi connectivity index (χ0v) is 15.4. The number of aliphatic hydroxyl groups is 2. The Morgan fingerprint density at radius 3 is 2.86 bits per heavy atom. The van der Waals surface area contributed by atoms with E-state index in [-0.39, 0.29) is 18.2 Å². The lowest BCUT2D eigenvalue weighted by atomic mass is 10.2. The van der Waals surface area contributed by atoms with E-state index in [1.165, 1.54) is 6.26 Å². The molecule has 0 amide bonds. The third kappa shape index (κ3) is 3.22. The normalized spacial score (nSPS) is 21.8. The number of unbranched alkanes of at least 4 members (excludes halogenated alkanes) is 2. The van der Waals surface area contributed by atoms with Gasteiger partial charge in [0.1, 0.15) is 12.2 Å². The van der Waals surface area contributed by atoms with Gasteiger partial charge in [0.05, 0.1) is 12.9 Å². The highest BCUT2D eigenvalue weighted by Crippen LogP contribution is 2.34. The van der Waals surface area contributed by atoms with Crippen molar-refractivity contribution in [1.82, 2.24) is 19.5 Å². The van der Waals surface area contributed by atoms with Gasteiger partial charge in [-0.1, -0.05) is 19.3 Å². The summed E-state index contributed by atoms with van der Waals surface area (Å²) < 4.78 is 12.7. The van der Waals surface area contributed by atoms with Gasteiger partial charge in [-0.05, 0) is 24.5 Å². The summed E-state index contributed by atoms with van der Waals surface area (Å²) >= 11 is 0. The predicted octanol–water partition coefficient (Wildman–Crippen LogP) is 1.46. The maximum Gasteiger partial charge on any atom is 0.208 e. The Balaban J connectivity index is 1.88. The van der Waals surface area contributed by atoms with E-state index in [4.69, 9.17) is 14.9 Å². The molecule has 0 saturated carbocycles. The molecule has 9 nitrogen and oxygen atoms in total. The number of fused-ring (bicyclic) bond motifs is 1. The van der Waals surface area contributed by atoms with Crippen molar-refractivity contribution in [1.29, 1.82) is 0 Å². The molecule has 1 aliphatic rings. The lowest BCUT2D eigenvalue weighted by Crippen LogP contribution is -2.28. The monoisotopic (exact) mass is 383 g/mol. The van der Waals surface area contributed by atoms with Gasteiger partial charge in [-0.3, -0.25) is 4.57 Å². The maximum atomic E-state index is 10.4. The van der Waals surface area contributed by atoms with Gasteiger partial charge in [0.2, 0.25) is 5.82 Å². The van der Waals surface area contributed by atoms with Crippen molar-refractivity contribution in [2.75, 3.05) is 12.3 Å². The molecule has 9 heteroatoms. The predicted molar refractivity (Wildman–Crippen MR) is 101 cm³/mol. The summed E-state index contributed by atoms with van der Waals surface area (Å²) in [6.07, 6.45) is 1.24. The Morgan fingerprint density at radius 2 is 2.18 bits per heavy atom. The third-order valence-electron chi connectivity index (χ3n) is 4.54. The fourth-order valence-electron chi connectivity index (χ4n) is 3.09. The molecule has 3 unspecified atom stereocenters. The number of imidazole rings is 1. The fourth-order valence-corrected chi connectivity index (χ4v) is 3.09. The minimum Gasteiger partial charge on any atom is -0.461 e. The molecule has 0 radical (unpaired) electrons. The summed E-state index contributed by atoms with van der Waals surface area (Å²) in [4.78, 5) is 13.2. The second kappa shape index (κ2) is 7.59. The van der Waals surface area contributed by atoms with Gasteiger partial charge in [-0.15, -0.1) is 0 Å². The standard InChI is InChI=1S/C19H21N5O4/c1-2-3-4-5-8-13-21-16(20)14-18(22-13)24(19-15(26)11(25)10-28-19)17(23-14)12-7-6-9-27-12/h6-7,9,11,15,19,25-26H,2-4,10H2,1H3,(H2,20,21,22). The molecule has 0 spiro atoms. The molecular formula is C19H21N5O4. The molecule has 146 valence electrons. The van der Waals surface area contributed by atoms with Crippen LogP contribution in [0.25, 0.3) is 22.7 Å². The fraction of sp³-hybridized carbons (Fsp3) is 0.421. The van der Waals surface area contributed by atoms with Gasteiger partial charge in [0, 0.05) is 6.42 Å². The molecule has 0 bridgehead atoms. The lowest BCUT2D eigenvalue weighted by molar-refractivity contribution is -0.0154. The second-order valence-corrected chi connectivity index (χ2v) is 6.57. The highest BCUT2D eigenvalue weighted by Gasteiger charge is 2.39. The molecule has 0 aromatic carbocycles. The zero-order valence-electron chi connectivity index (χ0n) is 15.4. The number of furan rings is 1. The number of anilines is 1. The Bertz CT molecular complexity index is 1030. The average Bonchev–Trinajstić information content (AvgIpc) is 3.39. The van der Waals surface area contributed by atoms with Crippen molar-refractivity contribution in [2.45, 2.75) is 44.6 Å². The highest BCUT2D eigenvalue weighted by atomic mass is 16.5. The molecule has 4 rings (SSSR count). The SMILES string of the molecule is CCCCC#Cc1nc(N)c2nc(-c3ccco3)n(C3OCC(O)C3O)c2n1. The molecule has 1 aliphatic heterocycles. The third-order valence-corrected chi connectivity index (χ3v) is 4.54. The van der Waals surface area contributed by atoms with Crippen LogP contribution >= 0.6 is 0 Å². The van der Waals surface area contributed by atoms with E-state index in [9.17, 15) is 10.2 Å². The number of rotatable bonds is 4. The van der Waals surface area contributed by atoms with E-state index >= 15 is 0 Å². The van der Waals surface area contributed by atoms with Crippen molar-refractivity contribution in [3.63, 3.8) is 0 Å². The summed E-state index contributed by atoms with van der Waals surface area (Å²) in [6.45, 7) is 2.09.